The molecule has 2 rings (SSSR count). The highest BCUT2D eigenvalue weighted by Gasteiger charge is 2.18. The molecule has 0 N–H and O–H groups in total. The Morgan fingerprint density at radius 2 is 2.20 bits per heavy atom. The molecule has 20 heavy (non-hydrogen) atoms. The van der Waals surface area contributed by atoms with E-state index in [0.29, 0.717) is 5.88 Å². The van der Waals surface area contributed by atoms with Gasteiger partial charge in [-0.25, -0.2) is 0 Å². The Hall–Kier alpha value is -1.07. The van der Waals surface area contributed by atoms with E-state index in [0.717, 1.165) is 38.2 Å². The first-order valence-electron chi connectivity index (χ1n) is 7.16. The third kappa shape index (κ3) is 5.13. The minimum absolute atomic E-state index is 0.160. The molecule has 0 aromatic carbocycles. The van der Waals surface area contributed by atoms with Crippen molar-refractivity contribution in [3.63, 3.8) is 0 Å². The lowest BCUT2D eigenvalue weighted by molar-refractivity contribution is 0.126. The smallest absolute Gasteiger partial charge is 0.233 e. The maximum absolute atomic E-state index is 6.00. The topological polar surface area (TPSA) is 38.2 Å². The number of rotatable bonds is 7. The zero-order valence-corrected chi connectivity index (χ0v) is 12.9. The molecule has 1 aliphatic heterocycles. The van der Waals surface area contributed by atoms with Gasteiger partial charge >= 0.3 is 0 Å². The van der Waals surface area contributed by atoms with Crippen molar-refractivity contribution in [3.05, 3.63) is 30.5 Å². The van der Waals surface area contributed by atoms with E-state index in [1.54, 1.807) is 0 Å². The molecule has 1 fully saturated rings. The number of nitrogens with zero attached hydrogens (tertiary/aromatic N) is 3. The Morgan fingerprint density at radius 3 is 2.85 bits per heavy atom. The van der Waals surface area contributed by atoms with Gasteiger partial charge in [-0.1, -0.05) is 6.08 Å². The summed E-state index contributed by atoms with van der Waals surface area (Å²) in [6.45, 7) is 8.99. The van der Waals surface area contributed by atoms with Crippen LogP contribution in [-0.2, 0) is 0 Å². The molecule has 1 aromatic heterocycles. The summed E-state index contributed by atoms with van der Waals surface area (Å²) in [4.78, 5) is 2.48. The molecule has 0 amide bonds. The predicted octanol–water partition coefficient (Wildman–Crippen LogP) is 2.55. The van der Waals surface area contributed by atoms with Crippen molar-refractivity contribution in [3.8, 4) is 5.88 Å². The van der Waals surface area contributed by atoms with Gasteiger partial charge in [0.1, 0.15) is 6.10 Å². The summed E-state index contributed by atoms with van der Waals surface area (Å²) in [6.07, 6.45) is 4.05. The molecule has 1 aromatic rings. The molecule has 0 unspecified atom stereocenters. The summed E-state index contributed by atoms with van der Waals surface area (Å²) in [5, 5.41) is 8.15. The van der Waals surface area contributed by atoms with Crippen LogP contribution >= 0.6 is 11.8 Å². The molecule has 1 atom stereocenters. The van der Waals surface area contributed by atoms with Gasteiger partial charge in [0.05, 0.1) is 5.69 Å². The quantitative estimate of drug-likeness (QED) is 0.722. The van der Waals surface area contributed by atoms with Gasteiger partial charge in [0.15, 0.2) is 0 Å². The Labute approximate surface area is 125 Å². The summed E-state index contributed by atoms with van der Waals surface area (Å²) in [6, 6.07) is 3.83. The van der Waals surface area contributed by atoms with Crippen LogP contribution in [0.15, 0.2) is 24.8 Å². The van der Waals surface area contributed by atoms with Crippen molar-refractivity contribution in [1.82, 2.24) is 15.1 Å². The molecule has 0 spiro atoms. The van der Waals surface area contributed by atoms with E-state index in [-0.39, 0.29) is 6.10 Å². The zero-order chi connectivity index (χ0) is 14.2. The van der Waals surface area contributed by atoms with Crippen LogP contribution in [0.5, 0.6) is 5.88 Å². The molecule has 1 aliphatic rings. The first kappa shape index (κ1) is 15.3. The number of ether oxygens (including phenoxy) is 1. The van der Waals surface area contributed by atoms with Crippen LogP contribution in [-0.4, -0.2) is 52.3 Å². The van der Waals surface area contributed by atoms with Gasteiger partial charge < -0.3 is 4.74 Å². The first-order chi connectivity index (χ1) is 9.78. The van der Waals surface area contributed by atoms with E-state index < -0.39 is 0 Å². The van der Waals surface area contributed by atoms with Crippen LogP contribution in [0.4, 0.5) is 0 Å². The lowest BCUT2D eigenvalue weighted by Crippen LogP contribution is -2.40. The SMILES string of the molecule is C=CCC[C@@H](CN1CCSCC1)Oc1ccc(C)nn1. The molecule has 1 saturated heterocycles. The van der Waals surface area contributed by atoms with Crippen LogP contribution < -0.4 is 4.74 Å². The maximum Gasteiger partial charge on any atom is 0.233 e. The fourth-order valence-corrected chi connectivity index (χ4v) is 3.16. The van der Waals surface area contributed by atoms with Gasteiger partial charge in [0, 0.05) is 37.2 Å². The van der Waals surface area contributed by atoms with Crippen molar-refractivity contribution in [2.24, 2.45) is 0 Å². The summed E-state index contributed by atoms with van der Waals surface area (Å²) in [5.74, 6) is 3.06. The van der Waals surface area contributed by atoms with Crippen LogP contribution in [0, 0.1) is 6.92 Å². The van der Waals surface area contributed by atoms with Crippen molar-refractivity contribution in [2.45, 2.75) is 25.9 Å². The van der Waals surface area contributed by atoms with Crippen LogP contribution in [0.3, 0.4) is 0 Å². The normalized spacial score (nSPS) is 17.6. The Kier molecular flexibility index (Phi) is 6.33. The van der Waals surface area contributed by atoms with E-state index >= 15 is 0 Å². The average molecular weight is 293 g/mol. The highest BCUT2D eigenvalue weighted by Crippen LogP contribution is 2.15. The molecule has 0 radical (unpaired) electrons. The molecule has 0 bridgehead atoms. The third-order valence-electron chi connectivity index (χ3n) is 3.32. The molecule has 5 heteroatoms. The molecule has 2 heterocycles. The third-order valence-corrected chi connectivity index (χ3v) is 4.26. The lowest BCUT2D eigenvalue weighted by atomic mass is 10.2. The van der Waals surface area contributed by atoms with E-state index in [1.165, 1.54) is 11.5 Å². The average Bonchev–Trinajstić information content (AvgIpc) is 2.48. The molecular formula is C15H23N3OS. The number of allylic oxidation sites excluding steroid dienone is 1. The fraction of sp³-hybridized carbons (Fsp3) is 0.600. The Bertz CT molecular complexity index is 404. The second kappa shape index (κ2) is 8.27. The zero-order valence-electron chi connectivity index (χ0n) is 12.1. The highest BCUT2D eigenvalue weighted by molar-refractivity contribution is 7.99. The van der Waals surface area contributed by atoms with Gasteiger partial charge in [0.2, 0.25) is 5.88 Å². The van der Waals surface area contributed by atoms with Crippen molar-refractivity contribution in [1.29, 1.82) is 0 Å². The van der Waals surface area contributed by atoms with E-state index in [1.807, 2.05) is 36.9 Å². The van der Waals surface area contributed by atoms with Crippen molar-refractivity contribution < 1.29 is 4.74 Å². The predicted molar refractivity (Wildman–Crippen MR) is 84.4 cm³/mol. The van der Waals surface area contributed by atoms with Crippen molar-refractivity contribution in [2.75, 3.05) is 31.1 Å². The molecule has 0 saturated carbocycles. The monoisotopic (exact) mass is 293 g/mol. The molecular weight excluding hydrogens is 270 g/mol. The maximum atomic E-state index is 6.00. The van der Waals surface area contributed by atoms with Crippen molar-refractivity contribution >= 4 is 11.8 Å². The summed E-state index contributed by atoms with van der Waals surface area (Å²) < 4.78 is 6.00. The molecule has 0 aliphatic carbocycles. The Balaban J connectivity index is 1.91. The lowest BCUT2D eigenvalue weighted by Gasteiger charge is -2.30. The fourth-order valence-electron chi connectivity index (χ4n) is 2.18. The van der Waals surface area contributed by atoms with E-state index in [9.17, 15) is 0 Å². The number of aromatic nitrogens is 2. The summed E-state index contributed by atoms with van der Waals surface area (Å²) >= 11 is 2.03. The number of hydrogen-bond donors (Lipinski definition) is 0. The van der Waals surface area contributed by atoms with Crippen LogP contribution in [0.2, 0.25) is 0 Å². The van der Waals surface area contributed by atoms with E-state index in [2.05, 4.69) is 21.7 Å². The van der Waals surface area contributed by atoms with Gasteiger partial charge in [-0.2, -0.15) is 16.9 Å². The van der Waals surface area contributed by atoms with Gasteiger partial charge in [-0.3, -0.25) is 4.90 Å². The second-order valence-electron chi connectivity index (χ2n) is 5.03. The standard InChI is InChI=1S/C15H23N3OS/c1-3-4-5-14(12-18-8-10-20-11-9-18)19-15-7-6-13(2)16-17-15/h3,6-7,14H,1,4-5,8-12H2,2H3/t14-/m0/s1. The van der Waals surface area contributed by atoms with Gasteiger partial charge in [-0.05, 0) is 25.8 Å². The first-order valence-corrected chi connectivity index (χ1v) is 8.31. The number of aryl methyl sites for hydroxylation is 1. The minimum atomic E-state index is 0.160. The number of thioether (sulfide) groups is 1. The minimum Gasteiger partial charge on any atom is -0.472 e. The van der Waals surface area contributed by atoms with E-state index in [4.69, 9.17) is 4.74 Å². The largest absolute Gasteiger partial charge is 0.472 e. The highest BCUT2D eigenvalue weighted by atomic mass is 32.2. The van der Waals surface area contributed by atoms with Gasteiger partial charge in [0.25, 0.3) is 0 Å². The van der Waals surface area contributed by atoms with Crippen LogP contribution in [0.25, 0.3) is 0 Å². The molecule has 110 valence electrons. The summed E-state index contributed by atoms with van der Waals surface area (Å²) in [7, 11) is 0. The second-order valence-corrected chi connectivity index (χ2v) is 6.26. The number of hydrogen-bond acceptors (Lipinski definition) is 5. The van der Waals surface area contributed by atoms with Crippen LogP contribution in [0.1, 0.15) is 18.5 Å². The van der Waals surface area contributed by atoms with Gasteiger partial charge in [-0.15, -0.1) is 11.7 Å². The molecule has 4 nitrogen and oxygen atoms in total. The summed E-state index contributed by atoms with van der Waals surface area (Å²) in [5.41, 5.74) is 0.910. The Morgan fingerprint density at radius 1 is 1.40 bits per heavy atom.